The van der Waals surface area contributed by atoms with Gasteiger partial charge in [-0.2, -0.15) is 5.26 Å². The van der Waals surface area contributed by atoms with E-state index in [1.54, 1.807) is 17.4 Å². The van der Waals surface area contributed by atoms with Crippen LogP contribution in [-0.2, 0) is 13.0 Å². The van der Waals surface area contributed by atoms with E-state index in [4.69, 9.17) is 16.9 Å². The Labute approximate surface area is 131 Å². The number of halogens is 1. The summed E-state index contributed by atoms with van der Waals surface area (Å²) in [4.78, 5) is 9.13. The van der Waals surface area contributed by atoms with Crippen LogP contribution in [0.3, 0.4) is 0 Å². The monoisotopic (exact) mass is 316 g/mol. The Kier molecular flexibility index (Phi) is 3.91. The van der Waals surface area contributed by atoms with Crippen molar-refractivity contribution >= 4 is 34.0 Å². The second-order valence-corrected chi connectivity index (χ2v) is 6.17. The molecule has 0 radical (unpaired) electrons. The first-order valence-electron chi connectivity index (χ1n) is 6.57. The highest BCUT2D eigenvalue weighted by Crippen LogP contribution is 2.21. The third kappa shape index (κ3) is 2.78. The molecular weight excluding hydrogens is 304 g/mol. The highest BCUT2D eigenvalue weighted by molar-refractivity contribution is 7.09. The molecule has 21 heavy (non-hydrogen) atoms. The van der Waals surface area contributed by atoms with Crippen LogP contribution in [0.1, 0.15) is 22.1 Å². The van der Waals surface area contributed by atoms with Crippen molar-refractivity contribution in [2.75, 3.05) is 5.88 Å². The summed E-state index contributed by atoms with van der Waals surface area (Å²) < 4.78 is 2.10. The van der Waals surface area contributed by atoms with Gasteiger partial charge < -0.3 is 4.57 Å². The van der Waals surface area contributed by atoms with Crippen molar-refractivity contribution in [1.29, 1.82) is 5.26 Å². The Morgan fingerprint density at radius 3 is 2.90 bits per heavy atom. The Morgan fingerprint density at radius 2 is 2.24 bits per heavy atom. The van der Waals surface area contributed by atoms with Crippen LogP contribution in [0, 0.1) is 18.3 Å². The van der Waals surface area contributed by atoms with E-state index in [9.17, 15) is 0 Å². The number of aromatic nitrogens is 3. The SMILES string of the molecule is Cc1nc(Cn2c(CCCl)nc3ccc(C#N)cc32)cs1. The van der Waals surface area contributed by atoms with Crippen molar-refractivity contribution < 1.29 is 0 Å². The minimum absolute atomic E-state index is 0.518. The lowest BCUT2D eigenvalue weighted by molar-refractivity contribution is 0.740. The van der Waals surface area contributed by atoms with E-state index >= 15 is 0 Å². The van der Waals surface area contributed by atoms with Gasteiger partial charge in [-0.3, -0.25) is 0 Å². The highest BCUT2D eigenvalue weighted by atomic mass is 35.5. The van der Waals surface area contributed by atoms with Crippen LogP contribution in [0.4, 0.5) is 0 Å². The van der Waals surface area contributed by atoms with E-state index in [0.29, 0.717) is 24.4 Å². The maximum Gasteiger partial charge on any atom is 0.111 e. The molecule has 0 unspecified atom stereocenters. The van der Waals surface area contributed by atoms with Gasteiger partial charge in [0, 0.05) is 17.7 Å². The van der Waals surface area contributed by atoms with Crippen LogP contribution in [0.25, 0.3) is 11.0 Å². The number of nitriles is 1. The van der Waals surface area contributed by atoms with Crippen molar-refractivity contribution in [2.24, 2.45) is 0 Å². The molecule has 0 fully saturated rings. The van der Waals surface area contributed by atoms with Crippen LogP contribution < -0.4 is 0 Å². The van der Waals surface area contributed by atoms with Gasteiger partial charge in [-0.05, 0) is 25.1 Å². The fourth-order valence-corrected chi connectivity index (χ4v) is 3.11. The first-order valence-corrected chi connectivity index (χ1v) is 7.99. The smallest absolute Gasteiger partial charge is 0.111 e. The molecule has 3 aromatic rings. The molecule has 106 valence electrons. The van der Waals surface area contributed by atoms with E-state index in [0.717, 1.165) is 27.6 Å². The molecule has 4 nitrogen and oxygen atoms in total. The molecule has 0 atom stereocenters. The lowest BCUT2D eigenvalue weighted by atomic mass is 10.2. The molecule has 0 aliphatic rings. The molecule has 0 saturated heterocycles. The largest absolute Gasteiger partial charge is 0.322 e. The molecule has 2 aromatic heterocycles. The average Bonchev–Trinajstić information content (AvgIpc) is 3.04. The number of hydrogen-bond donors (Lipinski definition) is 0. The van der Waals surface area contributed by atoms with Gasteiger partial charge in [-0.25, -0.2) is 9.97 Å². The number of imidazole rings is 1. The number of benzene rings is 1. The molecule has 0 saturated carbocycles. The lowest BCUT2D eigenvalue weighted by Gasteiger charge is -2.06. The molecule has 2 heterocycles. The van der Waals surface area contributed by atoms with E-state index in [1.807, 2.05) is 19.1 Å². The molecule has 6 heteroatoms. The van der Waals surface area contributed by atoms with Crippen molar-refractivity contribution in [1.82, 2.24) is 14.5 Å². The molecule has 3 rings (SSSR count). The summed E-state index contributed by atoms with van der Waals surface area (Å²) >= 11 is 7.52. The topological polar surface area (TPSA) is 54.5 Å². The van der Waals surface area contributed by atoms with Crippen LogP contribution >= 0.6 is 22.9 Å². The summed E-state index contributed by atoms with van der Waals surface area (Å²) in [6, 6.07) is 7.72. The molecule has 0 spiro atoms. The quantitative estimate of drug-likeness (QED) is 0.692. The summed E-state index contributed by atoms with van der Waals surface area (Å²) in [7, 11) is 0. The van der Waals surface area contributed by atoms with Gasteiger partial charge in [-0.1, -0.05) is 0 Å². The van der Waals surface area contributed by atoms with Crippen molar-refractivity contribution in [3.8, 4) is 6.07 Å². The zero-order valence-corrected chi connectivity index (χ0v) is 13.1. The van der Waals surface area contributed by atoms with Gasteiger partial charge in [0.1, 0.15) is 5.82 Å². The molecule has 0 bridgehead atoms. The summed E-state index contributed by atoms with van der Waals surface area (Å²) in [6.07, 6.45) is 0.696. The number of fused-ring (bicyclic) bond motifs is 1. The summed E-state index contributed by atoms with van der Waals surface area (Å²) in [5.74, 6) is 1.45. The van der Waals surface area contributed by atoms with Crippen LogP contribution in [0.2, 0.25) is 0 Å². The predicted octanol–water partition coefficient (Wildman–Crippen LogP) is 3.50. The second-order valence-electron chi connectivity index (χ2n) is 4.73. The normalized spacial score (nSPS) is 10.9. The summed E-state index contributed by atoms with van der Waals surface area (Å²) in [6.45, 7) is 2.65. The molecule has 0 aliphatic carbocycles. The lowest BCUT2D eigenvalue weighted by Crippen LogP contribution is -2.06. The number of alkyl halides is 1. The van der Waals surface area contributed by atoms with Gasteiger partial charge in [0.2, 0.25) is 0 Å². The van der Waals surface area contributed by atoms with Gasteiger partial charge in [-0.15, -0.1) is 22.9 Å². The first kappa shape index (κ1) is 14.1. The Hall–Kier alpha value is -1.90. The van der Waals surface area contributed by atoms with Crippen LogP contribution in [0.15, 0.2) is 23.6 Å². The molecule has 1 aromatic carbocycles. The van der Waals surface area contributed by atoms with E-state index < -0.39 is 0 Å². The number of rotatable bonds is 4. The Balaban J connectivity index is 2.12. The van der Waals surface area contributed by atoms with Crippen LogP contribution in [0.5, 0.6) is 0 Å². The summed E-state index contributed by atoms with van der Waals surface area (Å²) in [5, 5.41) is 12.2. The zero-order chi connectivity index (χ0) is 14.8. The Bertz CT molecular complexity index is 828. The third-order valence-corrected chi connectivity index (χ3v) is 4.27. The third-order valence-electron chi connectivity index (χ3n) is 3.26. The van der Waals surface area contributed by atoms with Gasteiger partial charge >= 0.3 is 0 Å². The average molecular weight is 317 g/mol. The standard InChI is InChI=1S/C15H13ClN4S/c1-10-18-12(9-21-10)8-20-14-6-11(7-17)2-3-13(14)19-15(20)4-5-16/h2-3,6,9H,4-5,8H2,1H3. The first-order chi connectivity index (χ1) is 10.2. The maximum absolute atomic E-state index is 9.08. The fourth-order valence-electron chi connectivity index (χ4n) is 2.34. The van der Waals surface area contributed by atoms with Crippen molar-refractivity contribution in [3.63, 3.8) is 0 Å². The van der Waals surface area contributed by atoms with Gasteiger partial charge in [0.05, 0.1) is 39.9 Å². The minimum atomic E-state index is 0.518. The van der Waals surface area contributed by atoms with Crippen molar-refractivity contribution in [2.45, 2.75) is 19.9 Å². The highest BCUT2D eigenvalue weighted by Gasteiger charge is 2.12. The number of aryl methyl sites for hydroxylation is 2. The van der Waals surface area contributed by atoms with E-state index in [2.05, 4.69) is 26.0 Å². The number of hydrogen-bond acceptors (Lipinski definition) is 4. The van der Waals surface area contributed by atoms with E-state index in [1.165, 1.54) is 0 Å². The summed E-state index contributed by atoms with van der Waals surface area (Å²) in [5.41, 5.74) is 3.49. The number of nitrogens with zero attached hydrogens (tertiary/aromatic N) is 4. The Morgan fingerprint density at radius 1 is 1.38 bits per heavy atom. The molecule has 0 aliphatic heterocycles. The zero-order valence-electron chi connectivity index (χ0n) is 11.5. The molecular formula is C15H13ClN4S. The van der Waals surface area contributed by atoms with Crippen LogP contribution in [-0.4, -0.2) is 20.4 Å². The molecule has 0 N–H and O–H groups in total. The van der Waals surface area contributed by atoms with Gasteiger partial charge in [0.15, 0.2) is 0 Å². The number of thiazole rings is 1. The fraction of sp³-hybridized carbons (Fsp3) is 0.267. The predicted molar refractivity (Wildman–Crippen MR) is 84.8 cm³/mol. The van der Waals surface area contributed by atoms with Gasteiger partial charge in [0.25, 0.3) is 0 Å². The van der Waals surface area contributed by atoms with Crippen molar-refractivity contribution in [3.05, 3.63) is 45.7 Å². The molecule has 0 amide bonds. The van der Waals surface area contributed by atoms with E-state index in [-0.39, 0.29) is 0 Å². The minimum Gasteiger partial charge on any atom is -0.322 e. The second kappa shape index (κ2) is 5.84. The maximum atomic E-state index is 9.08.